The van der Waals surface area contributed by atoms with E-state index in [0.717, 1.165) is 11.1 Å². The van der Waals surface area contributed by atoms with Crippen LogP contribution in [-0.4, -0.2) is 20.0 Å². The van der Waals surface area contributed by atoms with Crippen molar-refractivity contribution in [2.75, 3.05) is 0 Å². The molecular weight excluding hydrogens is 266 g/mol. The number of ketones is 1. The average molecular weight is 281 g/mol. The molecule has 2 heterocycles. The van der Waals surface area contributed by atoms with Gasteiger partial charge in [-0.1, -0.05) is 17.7 Å². The van der Waals surface area contributed by atoms with Crippen molar-refractivity contribution in [3.8, 4) is 0 Å². The minimum Gasteiger partial charge on any atom is -0.301 e. The number of nitrogens with zero attached hydrogens (tertiary/aromatic N) is 3. The second-order valence-corrected chi connectivity index (χ2v) is 5.14. The van der Waals surface area contributed by atoms with Gasteiger partial charge in [-0.3, -0.25) is 9.59 Å². The summed E-state index contributed by atoms with van der Waals surface area (Å²) in [5, 5.41) is 4.04. The molecule has 0 amide bonds. The molecule has 3 rings (SSSR count). The number of hydrogen-bond donors (Lipinski definition) is 0. The number of aromatic nitrogens is 3. The zero-order valence-corrected chi connectivity index (χ0v) is 11.9. The molecule has 0 fully saturated rings. The van der Waals surface area contributed by atoms with Gasteiger partial charge in [0.25, 0.3) is 5.56 Å². The van der Waals surface area contributed by atoms with Gasteiger partial charge in [0.15, 0.2) is 5.78 Å². The van der Waals surface area contributed by atoms with Crippen LogP contribution in [0.3, 0.4) is 0 Å². The molecule has 0 aliphatic rings. The zero-order valence-electron chi connectivity index (χ0n) is 11.9. The maximum absolute atomic E-state index is 12.4. The lowest BCUT2D eigenvalue weighted by atomic mass is 10.0. The Bertz CT molecular complexity index is 890. The smallest absolute Gasteiger partial charge is 0.291 e. The highest BCUT2D eigenvalue weighted by Gasteiger charge is 2.13. The number of fused-ring (bicyclic) bond motifs is 1. The van der Waals surface area contributed by atoms with Crippen LogP contribution < -0.4 is 5.56 Å². The monoisotopic (exact) mass is 281 g/mol. The standard InChI is InChI=1S/C16H15N3O2/c1-11-5-6-12(2)13(8-11)15(20)9-19-16(21)14-4-3-7-18(14)10-17-19/h3-8,10H,9H2,1-2H3. The van der Waals surface area contributed by atoms with E-state index in [2.05, 4.69) is 5.10 Å². The summed E-state index contributed by atoms with van der Waals surface area (Å²) in [6, 6.07) is 9.20. The lowest BCUT2D eigenvalue weighted by Crippen LogP contribution is -2.28. The van der Waals surface area contributed by atoms with Crippen molar-refractivity contribution in [1.82, 2.24) is 14.2 Å². The number of carbonyl (C=O) groups excluding carboxylic acids is 1. The van der Waals surface area contributed by atoms with Crippen LogP contribution in [0, 0.1) is 13.8 Å². The highest BCUT2D eigenvalue weighted by molar-refractivity contribution is 5.97. The fourth-order valence-corrected chi connectivity index (χ4v) is 2.35. The molecule has 0 radical (unpaired) electrons. The summed E-state index contributed by atoms with van der Waals surface area (Å²) >= 11 is 0. The van der Waals surface area contributed by atoms with Crippen LogP contribution in [-0.2, 0) is 6.54 Å². The van der Waals surface area contributed by atoms with E-state index in [4.69, 9.17) is 0 Å². The lowest BCUT2D eigenvalue weighted by molar-refractivity contribution is 0.0965. The molecule has 0 atom stereocenters. The van der Waals surface area contributed by atoms with E-state index in [1.165, 1.54) is 11.0 Å². The first kappa shape index (κ1) is 13.3. The Morgan fingerprint density at radius 3 is 2.86 bits per heavy atom. The van der Waals surface area contributed by atoms with Gasteiger partial charge in [-0.15, -0.1) is 0 Å². The maximum atomic E-state index is 12.4. The summed E-state index contributed by atoms with van der Waals surface area (Å²) in [6.07, 6.45) is 3.29. The van der Waals surface area contributed by atoms with Crippen molar-refractivity contribution in [1.29, 1.82) is 0 Å². The largest absolute Gasteiger partial charge is 0.301 e. The van der Waals surface area contributed by atoms with Crippen molar-refractivity contribution in [3.63, 3.8) is 0 Å². The Morgan fingerprint density at radius 2 is 2.05 bits per heavy atom. The number of benzene rings is 1. The van der Waals surface area contributed by atoms with Crippen LogP contribution in [0.5, 0.6) is 0 Å². The molecule has 0 spiro atoms. The van der Waals surface area contributed by atoms with E-state index >= 15 is 0 Å². The van der Waals surface area contributed by atoms with Gasteiger partial charge in [-0.05, 0) is 37.6 Å². The molecule has 0 aliphatic heterocycles. The second kappa shape index (κ2) is 5.01. The van der Waals surface area contributed by atoms with E-state index in [1.807, 2.05) is 32.0 Å². The molecule has 2 aromatic heterocycles. The molecule has 3 aromatic rings. The quantitative estimate of drug-likeness (QED) is 0.690. The third kappa shape index (κ3) is 2.38. The molecule has 21 heavy (non-hydrogen) atoms. The summed E-state index contributed by atoms with van der Waals surface area (Å²) in [7, 11) is 0. The lowest BCUT2D eigenvalue weighted by Gasteiger charge is -2.08. The highest BCUT2D eigenvalue weighted by Crippen LogP contribution is 2.12. The normalized spacial score (nSPS) is 11.0. The number of Topliss-reactive ketones (excluding diaryl/α,β-unsaturated/α-hetero) is 1. The minimum absolute atomic E-state index is 0.0508. The maximum Gasteiger partial charge on any atom is 0.291 e. The van der Waals surface area contributed by atoms with E-state index in [-0.39, 0.29) is 17.9 Å². The first-order valence-electron chi connectivity index (χ1n) is 6.69. The number of carbonyl (C=O) groups is 1. The average Bonchev–Trinajstić information content (AvgIpc) is 2.93. The Kier molecular flexibility index (Phi) is 3.17. The Hall–Kier alpha value is -2.69. The van der Waals surface area contributed by atoms with Gasteiger partial charge in [0.05, 0.1) is 0 Å². The topological polar surface area (TPSA) is 56.4 Å². The highest BCUT2D eigenvalue weighted by atomic mass is 16.1. The van der Waals surface area contributed by atoms with Gasteiger partial charge in [0, 0.05) is 11.8 Å². The fraction of sp³-hybridized carbons (Fsp3) is 0.188. The number of rotatable bonds is 3. The Morgan fingerprint density at radius 1 is 1.24 bits per heavy atom. The van der Waals surface area contributed by atoms with Crippen LogP contribution >= 0.6 is 0 Å². The zero-order chi connectivity index (χ0) is 15.0. The molecule has 106 valence electrons. The van der Waals surface area contributed by atoms with E-state index in [1.54, 1.807) is 22.7 Å². The number of hydrogen-bond acceptors (Lipinski definition) is 3. The van der Waals surface area contributed by atoms with E-state index < -0.39 is 0 Å². The summed E-state index contributed by atoms with van der Waals surface area (Å²) in [5.74, 6) is -0.110. The van der Waals surface area contributed by atoms with Gasteiger partial charge in [-0.25, -0.2) is 4.68 Å². The van der Waals surface area contributed by atoms with Gasteiger partial charge in [0.1, 0.15) is 18.4 Å². The van der Waals surface area contributed by atoms with Gasteiger partial charge in [-0.2, -0.15) is 5.10 Å². The molecule has 0 unspecified atom stereocenters. The van der Waals surface area contributed by atoms with Crippen molar-refractivity contribution in [2.45, 2.75) is 20.4 Å². The fourth-order valence-electron chi connectivity index (χ4n) is 2.35. The van der Waals surface area contributed by atoms with Crippen LogP contribution in [0.4, 0.5) is 0 Å². The Balaban J connectivity index is 1.98. The van der Waals surface area contributed by atoms with Crippen molar-refractivity contribution in [3.05, 3.63) is 69.9 Å². The summed E-state index contributed by atoms with van der Waals surface area (Å²) < 4.78 is 2.85. The number of aryl methyl sites for hydroxylation is 2. The molecule has 0 N–H and O–H groups in total. The molecule has 0 saturated heterocycles. The molecule has 0 saturated carbocycles. The van der Waals surface area contributed by atoms with Gasteiger partial charge < -0.3 is 4.40 Å². The van der Waals surface area contributed by atoms with Crippen LogP contribution in [0.25, 0.3) is 5.52 Å². The SMILES string of the molecule is Cc1ccc(C)c(C(=O)Cn2ncn3cccc3c2=O)c1. The molecule has 5 heteroatoms. The minimum atomic E-state index is -0.263. The predicted molar refractivity (Wildman–Crippen MR) is 79.7 cm³/mol. The van der Waals surface area contributed by atoms with Crippen molar-refractivity contribution < 1.29 is 4.79 Å². The summed E-state index contributed by atoms with van der Waals surface area (Å²) in [6.45, 7) is 3.78. The molecule has 0 aliphatic carbocycles. The van der Waals surface area contributed by atoms with Gasteiger partial charge in [0.2, 0.25) is 0 Å². The van der Waals surface area contributed by atoms with Crippen LogP contribution in [0.15, 0.2) is 47.7 Å². The predicted octanol–water partition coefficient (Wildman–Crippen LogP) is 2.00. The first-order valence-corrected chi connectivity index (χ1v) is 6.69. The van der Waals surface area contributed by atoms with E-state index in [0.29, 0.717) is 11.1 Å². The molecule has 0 bridgehead atoms. The van der Waals surface area contributed by atoms with Crippen LogP contribution in [0.2, 0.25) is 0 Å². The molecular formula is C16H15N3O2. The third-order valence-electron chi connectivity index (χ3n) is 3.53. The molecule has 5 nitrogen and oxygen atoms in total. The second-order valence-electron chi connectivity index (χ2n) is 5.14. The van der Waals surface area contributed by atoms with Crippen LogP contribution in [0.1, 0.15) is 21.5 Å². The van der Waals surface area contributed by atoms with E-state index in [9.17, 15) is 9.59 Å². The van der Waals surface area contributed by atoms with Gasteiger partial charge >= 0.3 is 0 Å². The third-order valence-corrected chi connectivity index (χ3v) is 3.53. The van der Waals surface area contributed by atoms with Crippen molar-refractivity contribution >= 4 is 11.3 Å². The first-order chi connectivity index (χ1) is 10.1. The molecule has 1 aromatic carbocycles. The summed E-state index contributed by atoms with van der Waals surface area (Å²) in [5.41, 5.74) is 2.81. The van der Waals surface area contributed by atoms with Crippen molar-refractivity contribution in [2.24, 2.45) is 0 Å². The summed E-state index contributed by atoms with van der Waals surface area (Å²) in [4.78, 5) is 24.6. The Labute approximate surface area is 121 Å².